The van der Waals surface area contributed by atoms with E-state index in [1.807, 2.05) is 30.3 Å². The monoisotopic (exact) mass is 513 g/mol. The first kappa shape index (κ1) is 26.2. The fourth-order valence-corrected chi connectivity index (χ4v) is 5.31. The molecule has 0 radical (unpaired) electrons. The van der Waals surface area contributed by atoms with Crippen LogP contribution in [-0.2, 0) is 26.2 Å². The Bertz CT molecular complexity index is 1250. The summed E-state index contributed by atoms with van der Waals surface area (Å²) in [6.07, 6.45) is 0. The van der Waals surface area contributed by atoms with Gasteiger partial charge in [0, 0.05) is 13.1 Å². The molecule has 9 heteroatoms. The number of anilines is 1. The molecule has 2 amide bonds. The van der Waals surface area contributed by atoms with E-state index in [0.29, 0.717) is 6.54 Å². The quantitative estimate of drug-likeness (QED) is 0.442. The third kappa shape index (κ3) is 6.41. The highest BCUT2D eigenvalue weighted by atomic mass is 35.5. The molecule has 0 saturated carbocycles. The molecule has 0 aromatic heterocycles. The van der Waals surface area contributed by atoms with Crippen LogP contribution < -0.4 is 9.62 Å². The largest absolute Gasteiger partial charge is 0.355 e. The minimum absolute atomic E-state index is 0.0269. The highest BCUT2D eigenvalue weighted by Crippen LogP contribution is 2.30. The molecule has 0 saturated heterocycles. The highest BCUT2D eigenvalue weighted by molar-refractivity contribution is 7.92. The van der Waals surface area contributed by atoms with Crippen molar-refractivity contribution >= 4 is 39.1 Å². The van der Waals surface area contributed by atoms with E-state index in [1.165, 1.54) is 17.0 Å². The van der Waals surface area contributed by atoms with Crippen molar-refractivity contribution in [1.82, 2.24) is 10.2 Å². The summed E-state index contributed by atoms with van der Waals surface area (Å²) in [5.74, 6) is -0.862. The van der Waals surface area contributed by atoms with Crippen LogP contribution in [-0.4, -0.2) is 44.3 Å². The molecule has 0 spiro atoms. The van der Waals surface area contributed by atoms with Gasteiger partial charge in [0.25, 0.3) is 10.0 Å². The predicted molar refractivity (Wildman–Crippen MR) is 138 cm³/mol. The Morgan fingerprint density at radius 1 is 0.914 bits per heavy atom. The highest BCUT2D eigenvalue weighted by Gasteiger charge is 2.33. The Balaban J connectivity index is 2.02. The smallest absolute Gasteiger partial charge is 0.264 e. The number of carbonyl (C=O) groups excluding carboxylic acids is 2. The van der Waals surface area contributed by atoms with Gasteiger partial charge in [-0.25, -0.2) is 8.42 Å². The number of hydrogen-bond donors (Lipinski definition) is 1. The molecule has 1 N–H and O–H groups in total. The second-order valence-corrected chi connectivity index (χ2v) is 10.1. The van der Waals surface area contributed by atoms with Crippen molar-refractivity contribution in [2.45, 2.75) is 31.3 Å². The fraction of sp³-hybridized carbons (Fsp3) is 0.231. The van der Waals surface area contributed by atoms with E-state index >= 15 is 0 Å². The number of benzene rings is 3. The van der Waals surface area contributed by atoms with Gasteiger partial charge in [0.2, 0.25) is 11.8 Å². The topological polar surface area (TPSA) is 86.8 Å². The zero-order chi connectivity index (χ0) is 25.4. The van der Waals surface area contributed by atoms with Crippen molar-refractivity contribution in [1.29, 1.82) is 0 Å². The lowest BCUT2D eigenvalue weighted by Gasteiger charge is -2.32. The van der Waals surface area contributed by atoms with Gasteiger partial charge in [-0.05, 0) is 43.7 Å². The van der Waals surface area contributed by atoms with Gasteiger partial charge in [0.15, 0.2) is 0 Å². The van der Waals surface area contributed by atoms with Crippen LogP contribution in [0.4, 0.5) is 5.69 Å². The Morgan fingerprint density at radius 3 is 2.09 bits per heavy atom. The number of amides is 2. The SMILES string of the molecule is CCNC(=O)[C@H](C)N(Cc1ccccc1)C(=O)CN(c1ccccc1Cl)S(=O)(=O)c1ccccc1. The van der Waals surface area contributed by atoms with Crippen LogP contribution in [0.2, 0.25) is 5.02 Å². The van der Waals surface area contributed by atoms with Crippen LogP contribution in [0.5, 0.6) is 0 Å². The maximum absolute atomic E-state index is 13.7. The lowest BCUT2D eigenvalue weighted by Crippen LogP contribution is -2.51. The van der Waals surface area contributed by atoms with Crippen LogP contribution in [0.15, 0.2) is 89.8 Å². The van der Waals surface area contributed by atoms with Crippen molar-refractivity contribution in [3.05, 3.63) is 95.5 Å². The van der Waals surface area contributed by atoms with E-state index in [0.717, 1.165) is 9.87 Å². The summed E-state index contributed by atoms with van der Waals surface area (Å²) in [5, 5.41) is 2.92. The van der Waals surface area contributed by atoms with Crippen LogP contribution in [0, 0.1) is 0 Å². The molecule has 3 aromatic rings. The van der Waals surface area contributed by atoms with Crippen molar-refractivity contribution in [2.75, 3.05) is 17.4 Å². The summed E-state index contributed by atoms with van der Waals surface area (Å²) >= 11 is 6.36. The summed E-state index contributed by atoms with van der Waals surface area (Å²) in [4.78, 5) is 27.7. The van der Waals surface area contributed by atoms with E-state index in [2.05, 4.69) is 5.32 Å². The number of halogens is 1. The maximum atomic E-state index is 13.7. The normalized spacial score (nSPS) is 12.0. The molecule has 3 aromatic carbocycles. The molecule has 0 heterocycles. The van der Waals surface area contributed by atoms with Gasteiger partial charge in [-0.2, -0.15) is 0 Å². The van der Waals surface area contributed by atoms with Crippen molar-refractivity contribution in [2.24, 2.45) is 0 Å². The third-order valence-corrected chi connectivity index (χ3v) is 7.54. The second kappa shape index (κ2) is 11.9. The zero-order valence-electron chi connectivity index (χ0n) is 19.6. The lowest BCUT2D eigenvalue weighted by atomic mass is 10.1. The first-order chi connectivity index (χ1) is 16.8. The number of rotatable bonds is 10. The molecular formula is C26H28ClN3O4S. The molecule has 3 rings (SSSR count). The molecule has 0 unspecified atom stereocenters. The first-order valence-corrected chi connectivity index (χ1v) is 13.0. The molecule has 0 aliphatic carbocycles. The van der Waals surface area contributed by atoms with E-state index in [9.17, 15) is 18.0 Å². The molecule has 7 nitrogen and oxygen atoms in total. The number of para-hydroxylation sites is 1. The first-order valence-electron chi connectivity index (χ1n) is 11.2. The predicted octanol–water partition coefficient (Wildman–Crippen LogP) is 4.09. The molecule has 1 atom stereocenters. The Labute approximate surface area is 211 Å². The summed E-state index contributed by atoms with van der Waals surface area (Å²) < 4.78 is 28.2. The summed E-state index contributed by atoms with van der Waals surface area (Å²) in [6, 6.07) is 22.7. The average Bonchev–Trinajstić information content (AvgIpc) is 2.87. The number of likely N-dealkylation sites (N-methyl/N-ethyl adjacent to an activating group) is 1. The summed E-state index contributed by atoms with van der Waals surface area (Å²) in [6.45, 7) is 3.43. The van der Waals surface area contributed by atoms with E-state index in [1.54, 1.807) is 56.3 Å². The van der Waals surface area contributed by atoms with Crippen LogP contribution in [0.3, 0.4) is 0 Å². The number of nitrogens with zero attached hydrogens (tertiary/aromatic N) is 2. The van der Waals surface area contributed by atoms with Crippen LogP contribution >= 0.6 is 11.6 Å². The Kier molecular flexibility index (Phi) is 8.89. The van der Waals surface area contributed by atoms with Gasteiger partial charge < -0.3 is 10.2 Å². The molecular weight excluding hydrogens is 486 g/mol. The van der Waals surface area contributed by atoms with Gasteiger partial charge in [0.05, 0.1) is 15.6 Å². The minimum atomic E-state index is -4.13. The van der Waals surface area contributed by atoms with Crippen LogP contribution in [0.1, 0.15) is 19.4 Å². The van der Waals surface area contributed by atoms with Crippen molar-refractivity contribution in [3.63, 3.8) is 0 Å². The van der Waals surface area contributed by atoms with Crippen molar-refractivity contribution < 1.29 is 18.0 Å². The van der Waals surface area contributed by atoms with Gasteiger partial charge in [-0.1, -0.05) is 72.3 Å². The summed E-state index contributed by atoms with van der Waals surface area (Å²) in [7, 11) is -4.13. The second-order valence-electron chi connectivity index (χ2n) is 7.85. The molecule has 0 fully saturated rings. The fourth-order valence-electron chi connectivity index (χ4n) is 3.57. The number of carbonyl (C=O) groups is 2. The number of sulfonamides is 1. The van der Waals surface area contributed by atoms with Gasteiger partial charge in [-0.15, -0.1) is 0 Å². The maximum Gasteiger partial charge on any atom is 0.264 e. The van der Waals surface area contributed by atoms with Gasteiger partial charge in [-0.3, -0.25) is 13.9 Å². The molecule has 0 aliphatic rings. The number of nitrogens with one attached hydrogen (secondary N) is 1. The number of hydrogen-bond acceptors (Lipinski definition) is 4. The lowest BCUT2D eigenvalue weighted by molar-refractivity contribution is -0.139. The van der Waals surface area contributed by atoms with E-state index in [-0.39, 0.29) is 28.1 Å². The standard InChI is InChI=1S/C26H28ClN3O4S/c1-3-28-26(32)20(2)29(18-21-12-6-4-7-13-21)25(31)19-30(24-17-11-10-16-23(24)27)35(33,34)22-14-8-5-9-15-22/h4-17,20H,3,18-19H2,1-2H3,(H,28,32)/t20-/m0/s1. The molecule has 0 bridgehead atoms. The average molecular weight is 514 g/mol. The van der Waals surface area contributed by atoms with E-state index < -0.39 is 28.5 Å². The molecule has 184 valence electrons. The van der Waals surface area contributed by atoms with Gasteiger partial charge >= 0.3 is 0 Å². The zero-order valence-corrected chi connectivity index (χ0v) is 21.2. The summed E-state index contributed by atoms with van der Waals surface area (Å²) in [5.41, 5.74) is 0.990. The van der Waals surface area contributed by atoms with Gasteiger partial charge in [0.1, 0.15) is 12.6 Å². The Morgan fingerprint density at radius 2 is 1.49 bits per heavy atom. The van der Waals surface area contributed by atoms with Crippen LogP contribution in [0.25, 0.3) is 0 Å². The van der Waals surface area contributed by atoms with Crippen molar-refractivity contribution in [3.8, 4) is 0 Å². The molecule has 0 aliphatic heterocycles. The van der Waals surface area contributed by atoms with E-state index in [4.69, 9.17) is 11.6 Å². The minimum Gasteiger partial charge on any atom is -0.355 e. The Hall–Kier alpha value is -3.36. The third-order valence-electron chi connectivity index (χ3n) is 5.45. The molecule has 35 heavy (non-hydrogen) atoms.